The summed E-state index contributed by atoms with van der Waals surface area (Å²) in [7, 11) is 0. The summed E-state index contributed by atoms with van der Waals surface area (Å²) >= 11 is 0. The first-order chi connectivity index (χ1) is 20.8. The number of fused-ring (bicyclic) bond motifs is 7. The van der Waals surface area contributed by atoms with Crippen molar-refractivity contribution in [3.8, 4) is 0 Å². The van der Waals surface area contributed by atoms with Crippen LogP contribution in [0.1, 0.15) is 98.5 Å². The fraction of sp³-hybridized carbons (Fsp3) is 0.763. The van der Waals surface area contributed by atoms with E-state index >= 15 is 0 Å². The zero-order valence-electron chi connectivity index (χ0n) is 29.0. The topological polar surface area (TPSA) is 96.2 Å². The minimum Gasteiger partial charge on any atom is -0.438 e. The Kier molecular flexibility index (Phi) is 12.7. The van der Waals surface area contributed by atoms with Gasteiger partial charge in [-0.05, 0) is 103 Å². The number of ether oxygens (including phenoxy) is 2. The number of esters is 1. The average molecular weight is 1060 g/mol. The third-order valence-corrected chi connectivity index (χ3v) is 14.9. The molecule has 1 aromatic carbocycles. The molecule has 0 bridgehead atoms. The predicted molar refractivity (Wildman–Crippen MR) is 170 cm³/mol. The molecule has 0 aromatic heterocycles. The first-order valence-corrected chi connectivity index (χ1v) is 17.2. The molecule has 0 spiro atoms. The van der Waals surface area contributed by atoms with Gasteiger partial charge in [0.2, 0.25) is 0 Å². The minimum absolute atomic E-state index is 0. The maximum atomic E-state index is 14.2. The maximum absolute atomic E-state index is 14.2. The molecule has 5 aliphatic carbocycles. The van der Waals surface area contributed by atoms with E-state index in [-0.39, 0.29) is 136 Å². The van der Waals surface area contributed by atoms with Crippen LogP contribution in [0.4, 0.5) is 0 Å². The quantitative estimate of drug-likeness (QED) is 0.128. The molecule has 0 saturated heterocycles. The zero-order valence-corrected chi connectivity index (χ0v) is 38.5. The number of carbonyl (C=O) groups is 1. The van der Waals surface area contributed by atoms with Gasteiger partial charge in [-0.2, -0.15) is 0 Å². The number of hydrogen-bond donors (Lipinski definition) is 3. The number of benzene rings is 1. The van der Waals surface area contributed by atoms with E-state index in [9.17, 15) is 20.1 Å². The van der Waals surface area contributed by atoms with E-state index in [2.05, 4.69) is 40.7 Å². The second-order valence-electron chi connectivity index (χ2n) is 16.6. The molecule has 5 aliphatic rings. The van der Waals surface area contributed by atoms with Crippen LogP contribution in [0.2, 0.25) is 0 Å². The number of aliphatic hydroxyl groups is 3. The monoisotopic (exact) mass is 1060 g/mol. The Balaban J connectivity index is 0.00000240. The van der Waals surface area contributed by atoms with E-state index in [0.29, 0.717) is 30.8 Å². The van der Waals surface area contributed by atoms with Crippen molar-refractivity contribution in [2.45, 2.75) is 112 Å². The van der Waals surface area contributed by atoms with Crippen LogP contribution in [0.5, 0.6) is 0 Å². The minimum atomic E-state index is -0.914. The van der Waals surface area contributed by atoms with Crippen LogP contribution < -0.4 is 0 Å². The van der Waals surface area contributed by atoms with Crippen LogP contribution in [0.3, 0.4) is 0 Å². The Morgan fingerprint density at radius 2 is 1.63 bits per heavy atom. The van der Waals surface area contributed by atoms with Crippen molar-refractivity contribution in [1.82, 2.24) is 0 Å². The van der Waals surface area contributed by atoms with E-state index in [0.717, 1.165) is 50.5 Å². The Morgan fingerprint density at radius 3 is 2.30 bits per heavy atom. The zero-order chi connectivity index (χ0) is 31.7. The van der Waals surface area contributed by atoms with E-state index in [4.69, 9.17) is 9.47 Å². The van der Waals surface area contributed by atoms with Gasteiger partial charge in [-0.15, -0.1) is 0 Å². The van der Waals surface area contributed by atoms with Gasteiger partial charge in [-0.1, -0.05) is 83.5 Å². The van der Waals surface area contributed by atoms with Gasteiger partial charge < -0.3 is 24.8 Å². The Labute approximate surface area is 348 Å². The first-order valence-electron chi connectivity index (χ1n) is 17.2. The molecule has 12 atom stereocenters. The van der Waals surface area contributed by atoms with Crippen LogP contribution >= 0.6 is 0 Å². The molecule has 3 N–H and O–H groups in total. The van der Waals surface area contributed by atoms with Crippen molar-refractivity contribution in [1.29, 1.82) is 0 Å². The van der Waals surface area contributed by atoms with E-state index in [1.54, 1.807) is 0 Å². The van der Waals surface area contributed by atoms with Gasteiger partial charge in [0, 0.05) is 93.5 Å². The van der Waals surface area contributed by atoms with Gasteiger partial charge >= 0.3 is 5.97 Å². The Morgan fingerprint density at radius 1 is 0.935 bits per heavy atom. The molecule has 0 heterocycles. The van der Waals surface area contributed by atoms with Crippen LogP contribution in [0, 0.1) is 145 Å². The fourth-order valence-electron chi connectivity index (χ4n) is 12.0. The average Bonchev–Trinajstić information content (AvgIpc) is 3.00. The Hall–Kier alpha value is 1.15. The molecule has 250 valence electrons. The van der Waals surface area contributed by atoms with Gasteiger partial charge in [0.1, 0.15) is 0 Å². The molecular weight excluding hydrogens is 1010 g/mol. The summed E-state index contributed by atoms with van der Waals surface area (Å²) < 4.78 is 11.8. The van der Waals surface area contributed by atoms with Crippen LogP contribution in [0.25, 0.3) is 0 Å². The van der Waals surface area contributed by atoms with Crippen molar-refractivity contribution in [3.05, 3.63) is 47.5 Å². The van der Waals surface area contributed by atoms with Gasteiger partial charge in [-0.3, -0.25) is 4.79 Å². The number of allylic oxidation sites excluding steroid dienone is 2. The second-order valence-corrected chi connectivity index (χ2v) is 16.6. The molecular formula is C38H56Ac2O6. The molecule has 6 rings (SSSR count). The van der Waals surface area contributed by atoms with Crippen LogP contribution in [-0.2, 0) is 20.9 Å². The van der Waals surface area contributed by atoms with Crippen molar-refractivity contribution in [2.24, 2.45) is 56.7 Å². The van der Waals surface area contributed by atoms with Gasteiger partial charge in [0.05, 0.1) is 30.8 Å². The smallest absolute Gasteiger partial charge is 0.314 e. The fourth-order valence-corrected chi connectivity index (χ4v) is 12.0. The molecule has 1 aromatic rings. The number of rotatable bonds is 6. The molecule has 6 nitrogen and oxygen atoms in total. The van der Waals surface area contributed by atoms with Crippen molar-refractivity contribution < 1.29 is 118 Å². The van der Waals surface area contributed by atoms with Crippen molar-refractivity contribution >= 4 is 5.97 Å². The van der Waals surface area contributed by atoms with E-state index in [1.807, 2.05) is 37.3 Å². The second kappa shape index (κ2) is 14.6. The molecule has 46 heavy (non-hydrogen) atoms. The Bertz CT molecular complexity index is 1270. The molecule has 6 unspecified atom stereocenters. The largest absolute Gasteiger partial charge is 0.438 e. The summed E-state index contributed by atoms with van der Waals surface area (Å²) in [5, 5.41) is 32.8. The predicted octanol–water partition coefficient (Wildman–Crippen LogP) is 6.67. The number of aliphatic hydroxyl groups excluding tert-OH is 3. The summed E-state index contributed by atoms with van der Waals surface area (Å²) in [6.07, 6.45) is 7.79. The molecule has 0 amide bonds. The normalized spacial score (nSPS) is 46.1. The first kappa shape index (κ1) is 39.9. The molecule has 4 fully saturated rings. The van der Waals surface area contributed by atoms with Gasteiger partial charge in [0.25, 0.3) is 0 Å². The van der Waals surface area contributed by atoms with Gasteiger partial charge in [-0.25, -0.2) is 0 Å². The molecule has 0 aliphatic heterocycles. The third kappa shape index (κ3) is 6.00. The molecule has 4 saturated carbocycles. The summed E-state index contributed by atoms with van der Waals surface area (Å²) in [5.41, 5.74) is 0.972. The number of carbonyl (C=O) groups excluding carboxylic acids is 1. The summed E-state index contributed by atoms with van der Waals surface area (Å²) in [5.74, 6) is 1.39. The van der Waals surface area contributed by atoms with E-state index < -0.39 is 23.0 Å². The van der Waals surface area contributed by atoms with Crippen LogP contribution in [-0.4, -0.2) is 46.9 Å². The maximum Gasteiger partial charge on any atom is 0.314 e. The summed E-state index contributed by atoms with van der Waals surface area (Å²) in [4.78, 5) is 14.2. The molecule has 8 heteroatoms. The third-order valence-electron chi connectivity index (χ3n) is 14.9. The summed E-state index contributed by atoms with van der Waals surface area (Å²) in [6, 6.07) is 9.98. The van der Waals surface area contributed by atoms with Crippen LogP contribution in [0.15, 0.2) is 42.0 Å². The number of hydrogen-bond acceptors (Lipinski definition) is 6. The van der Waals surface area contributed by atoms with Crippen molar-refractivity contribution in [3.63, 3.8) is 0 Å². The van der Waals surface area contributed by atoms with Gasteiger partial charge in [0.15, 0.2) is 6.79 Å². The molecule has 2 radical (unpaired) electrons. The van der Waals surface area contributed by atoms with E-state index in [1.165, 1.54) is 5.57 Å². The standard InChI is InChI=1S/C38H56O6.2Ac/c1-24-14-17-38(33(42)44-23-43-21-26-10-8-7-9-11-26)19-18-36(5)27(31(38)25(24)2)12-13-30-34(3)20-28(40)32(41)35(4,22-39)29(34)15-16-37(30,36)6;;/h7-12,24-25,28-32,39-41H,13-23H2,1-6H3;;/t24-,25+,28?,29?,30?,31?,32?,34+,35+,36-,37-,38?;;/m1../s1. The van der Waals surface area contributed by atoms with Crippen molar-refractivity contribution in [2.75, 3.05) is 13.4 Å². The summed E-state index contributed by atoms with van der Waals surface area (Å²) in [6.45, 7) is 14.2. The SMILES string of the molecule is C[C@@H]1CCC2(C(=O)OCOCc3ccccc3)CC[C@]3(C)C(=CCC4[C@@]5(C)CC(O)C(O)[C@@](C)(CO)C5CC[C@]43C)C2[C@H]1C.[Ac].[Ac].